The van der Waals surface area contributed by atoms with E-state index in [-0.39, 0.29) is 17.0 Å². The molecule has 3 rings (SSSR count). The minimum absolute atomic E-state index is 0.120. The van der Waals surface area contributed by atoms with Crippen LogP contribution in [0.5, 0.6) is 0 Å². The van der Waals surface area contributed by atoms with Gasteiger partial charge in [-0.2, -0.15) is 9.89 Å². The monoisotopic (exact) mass is 333 g/mol. The second-order valence-electron chi connectivity index (χ2n) is 5.63. The Balaban J connectivity index is 2.16. The summed E-state index contributed by atoms with van der Waals surface area (Å²) in [5.74, 6) is 1.97. The van der Waals surface area contributed by atoms with Crippen LogP contribution < -0.4 is 11.3 Å². The van der Waals surface area contributed by atoms with Gasteiger partial charge in [0.1, 0.15) is 18.2 Å². The number of terminal acetylenes is 1. The van der Waals surface area contributed by atoms with Gasteiger partial charge in [-0.15, -0.1) is 6.42 Å². The second-order valence-corrected chi connectivity index (χ2v) is 5.63. The summed E-state index contributed by atoms with van der Waals surface area (Å²) in [6.07, 6.45) is 2.85. The number of rotatable bonds is 3. The molecule has 24 heavy (non-hydrogen) atoms. The van der Waals surface area contributed by atoms with Crippen molar-refractivity contribution >= 4 is 17.0 Å². The molecule has 0 aromatic carbocycles. The zero-order chi connectivity index (χ0) is 17.6. The largest absolute Gasteiger partial charge is 0.386 e. The molecule has 1 unspecified atom stereocenters. The third-order valence-corrected chi connectivity index (χ3v) is 4.15. The van der Waals surface area contributed by atoms with Gasteiger partial charge < -0.3 is 25.3 Å². The number of ether oxygens (including phenoxy) is 1. The maximum atomic E-state index is 11.9. The van der Waals surface area contributed by atoms with E-state index in [4.69, 9.17) is 16.9 Å². The SMILES string of the molecule is C#C[C@@]1(O)C(O)[C@@H]([C@H](C)N=O)O[C@H]1n1ccc2c(=O)[nH]c(N)nc21. The van der Waals surface area contributed by atoms with Gasteiger partial charge in [-0.3, -0.25) is 9.78 Å². The van der Waals surface area contributed by atoms with Crippen LogP contribution >= 0.6 is 0 Å². The van der Waals surface area contributed by atoms with Gasteiger partial charge in [0.15, 0.2) is 17.5 Å². The minimum atomic E-state index is -2.14. The number of aromatic amines is 1. The molecule has 0 bridgehead atoms. The molecule has 5 N–H and O–H groups in total. The maximum Gasteiger partial charge on any atom is 0.261 e. The molecule has 1 aliphatic rings. The second kappa shape index (κ2) is 5.41. The molecule has 1 aliphatic heterocycles. The molecular weight excluding hydrogens is 318 g/mol. The first-order valence-electron chi connectivity index (χ1n) is 7.06. The van der Waals surface area contributed by atoms with Crippen molar-refractivity contribution < 1.29 is 14.9 Å². The molecule has 3 heterocycles. The lowest BCUT2D eigenvalue weighted by Crippen LogP contribution is -2.46. The van der Waals surface area contributed by atoms with Crippen LogP contribution in [0.1, 0.15) is 13.2 Å². The Hall–Kier alpha value is -2.74. The molecule has 0 spiro atoms. The lowest BCUT2D eigenvalue weighted by molar-refractivity contribution is -0.0691. The number of hydrogen-bond acceptors (Lipinski definition) is 8. The summed E-state index contributed by atoms with van der Waals surface area (Å²) in [5.41, 5.74) is 3.05. The molecular formula is C14H15N5O5. The van der Waals surface area contributed by atoms with E-state index in [0.717, 1.165) is 0 Å². The summed E-state index contributed by atoms with van der Waals surface area (Å²) in [7, 11) is 0. The number of nitrogens with one attached hydrogen (secondary N) is 1. The molecule has 1 saturated heterocycles. The summed E-state index contributed by atoms with van der Waals surface area (Å²) in [6, 6.07) is 0.496. The van der Waals surface area contributed by atoms with Gasteiger partial charge in [0.05, 0.1) is 5.39 Å². The lowest BCUT2D eigenvalue weighted by atomic mass is 9.92. The Morgan fingerprint density at radius 3 is 3.00 bits per heavy atom. The van der Waals surface area contributed by atoms with Crippen molar-refractivity contribution in [1.82, 2.24) is 14.5 Å². The fraction of sp³-hybridized carbons (Fsp3) is 0.429. The number of fused-ring (bicyclic) bond motifs is 1. The molecule has 0 amide bonds. The van der Waals surface area contributed by atoms with Gasteiger partial charge in [0.25, 0.3) is 5.56 Å². The Morgan fingerprint density at radius 1 is 1.67 bits per heavy atom. The normalized spacial score (nSPS) is 31.0. The van der Waals surface area contributed by atoms with Crippen LogP contribution in [0.15, 0.2) is 22.2 Å². The van der Waals surface area contributed by atoms with Crippen molar-refractivity contribution in [3.8, 4) is 12.3 Å². The van der Waals surface area contributed by atoms with Gasteiger partial charge in [-0.1, -0.05) is 11.1 Å². The summed E-state index contributed by atoms with van der Waals surface area (Å²) < 4.78 is 6.89. The number of nitrogen functional groups attached to an aromatic ring is 1. The highest BCUT2D eigenvalue weighted by molar-refractivity contribution is 5.76. The van der Waals surface area contributed by atoms with Crippen LogP contribution in [0.4, 0.5) is 5.95 Å². The third-order valence-electron chi connectivity index (χ3n) is 4.15. The van der Waals surface area contributed by atoms with Crippen LogP contribution in [-0.2, 0) is 4.74 Å². The Morgan fingerprint density at radius 2 is 2.38 bits per heavy atom. The predicted molar refractivity (Wildman–Crippen MR) is 83.7 cm³/mol. The predicted octanol–water partition coefficient (Wildman–Crippen LogP) is -0.916. The van der Waals surface area contributed by atoms with Crippen molar-refractivity contribution in [2.45, 2.75) is 37.0 Å². The number of aliphatic hydroxyl groups is 2. The van der Waals surface area contributed by atoms with Crippen LogP contribution in [0.2, 0.25) is 0 Å². The van der Waals surface area contributed by atoms with Gasteiger partial charge >= 0.3 is 0 Å². The molecule has 10 nitrogen and oxygen atoms in total. The third kappa shape index (κ3) is 2.10. The van der Waals surface area contributed by atoms with Crippen molar-refractivity contribution in [2.24, 2.45) is 5.18 Å². The maximum absolute atomic E-state index is 11.9. The van der Waals surface area contributed by atoms with Gasteiger partial charge in [-0.25, -0.2) is 0 Å². The number of aromatic nitrogens is 3. The quantitative estimate of drug-likeness (QED) is 0.418. The van der Waals surface area contributed by atoms with Crippen LogP contribution in [-0.4, -0.2) is 48.6 Å². The van der Waals surface area contributed by atoms with Crippen molar-refractivity contribution in [3.05, 3.63) is 27.5 Å². The zero-order valence-corrected chi connectivity index (χ0v) is 12.6. The van der Waals surface area contributed by atoms with Gasteiger partial charge in [-0.05, 0) is 13.0 Å². The average molecular weight is 333 g/mol. The highest BCUT2D eigenvalue weighted by Crippen LogP contribution is 2.41. The van der Waals surface area contributed by atoms with Crippen molar-refractivity contribution in [1.29, 1.82) is 0 Å². The zero-order valence-electron chi connectivity index (χ0n) is 12.6. The van der Waals surface area contributed by atoms with E-state index < -0.39 is 35.6 Å². The first-order valence-corrected chi connectivity index (χ1v) is 7.06. The van der Waals surface area contributed by atoms with E-state index in [1.807, 2.05) is 0 Å². The minimum Gasteiger partial charge on any atom is -0.386 e. The average Bonchev–Trinajstić information content (AvgIpc) is 3.07. The van der Waals surface area contributed by atoms with E-state index in [1.165, 1.54) is 23.8 Å². The van der Waals surface area contributed by atoms with Crippen LogP contribution in [0.25, 0.3) is 11.0 Å². The van der Waals surface area contributed by atoms with E-state index in [2.05, 4.69) is 21.1 Å². The number of H-pyrrole nitrogens is 1. The van der Waals surface area contributed by atoms with E-state index in [0.29, 0.717) is 0 Å². The first kappa shape index (κ1) is 16.1. The van der Waals surface area contributed by atoms with E-state index in [1.54, 1.807) is 0 Å². The van der Waals surface area contributed by atoms with Crippen LogP contribution in [0, 0.1) is 17.3 Å². The highest BCUT2D eigenvalue weighted by atomic mass is 16.6. The molecule has 0 saturated carbocycles. The highest BCUT2D eigenvalue weighted by Gasteiger charge is 2.57. The molecule has 0 radical (unpaired) electrons. The topological polar surface area (TPSA) is 156 Å². The number of anilines is 1. The number of hydrogen-bond donors (Lipinski definition) is 4. The van der Waals surface area contributed by atoms with Gasteiger partial charge in [0.2, 0.25) is 5.95 Å². The molecule has 126 valence electrons. The number of nitroso groups, excluding NO2 is 1. The lowest BCUT2D eigenvalue weighted by Gasteiger charge is -2.26. The smallest absolute Gasteiger partial charge is 0.261 e. The van der Waals surface area contributed by atoms with E-state index >= 15 is 0 Å². The summed E-state index contributed by atoms with van der Waals surface area (Å²) >= 11 is 0. The molecule has 0 aliphatic carbocycles. The molecule has 5 atom stereocenters. The van der Waals surface area contributed by atoms with E-state index in [9.17, 15) is 19.9 Å². The number of nitrogens with zero attached hydrogens (tertiary/aromatic N) is 3. The first-order chi connectivity index (χ1) is 11.3. The summed E-state index contributed by atoms with van der Waals surface area (Å²) in [5, 5.41) is 24.0. The fourth-order valence-electron chi connectivity index (χ4n) is 2.84. The molecule has 1 fully saturated rings. The molecule has 2 aromatic heterocycles. The number of aliphatic hydroxyl groups excluding tert-OH is 1. The van der Waals surface area contributed by atoms with Gasteiger partial charge in [0, 0.05) is 6.20 Å². The summed E-state index contributed by atoms with van der Waals surface area (Å²) in [4.78, 5) is 29.0. The van der Waals surface area contributed by atoms with Crippen molar-refractivity contribution in [3.63, 3.8) is 0 Å². The molecule has 10 heteroatoms. The Bertz CT molecular complexity index is 899. The molecule has 2 aromatic rings. The standard InChI is InChI=1S/C14H15N5O5/c1-3-14(22)9(20)8(6(2)18-23)24-12(14)19-5-4-7-10(19)16-13(15)17-11(7)21/h1,4-6,8-9,12,20,22H,2H3,(H3,15,16,17,21)/t6-,8+,9?,12+,14+/m0/s1. The number of nitrogens with two attached hydrogens (primary N) is 1. The Labute approximate surface area is 135 Å². The van der Waals surface area contributed by atoms with Crippen LogP contribution in [0.3, 0.4) is 0 Å². The Kier molecular flexibility index (Phi) is 3.64. The summed E-state index contributed by atoms with van der Waals surface area (Å²) in [6.45, 7) is 1.43. The fourth-order valence-corrected chi connectivity index (χ4v) is 2.84. The van der Waals surface area contributed by atoms with Crippen molar-refractivity contribution in [2.75, 3.05) is 5.73 Å².